The van der Waals surface area contributed by atoms with Crippen molar-refractivity contribution < 1.29 is 29.0 Å². The molecule has 8 nitrogen and oxygen atoms in total. The quantitative estimate of drug-likeness (QED) is 0.444. The van der Waals surface area contributed by atoms with E-state index in [2.05, 4.69) is 6.58 Å². The van der Waals surface area contributed by atoms with Gasteiger partial charge in [-0.25, -0.2) is 0 Å². The van der Waals surface area contributed by atoms with E-state index in [1.807, 2.05) is 13.8 Å². The largest absolute Gasteiger partial charge is 0.466 e. The van der Waals surface area contributed by atoms with Crippen LogP contribution in [-0.4, -0.2) is 71.3 Å². The first-order valence-electron chi connectivity index (χ1n) is 11.6. The molecule has 1 spiro atoms. The Labute approximate surface area is 204 Å². The van der Waals surface area contributed by atoms with Crippen molar-refractivity contribution in [3.8, 4) is 0 Å². The third-order valence-corrected chi connectivity index (χ3v) is 7.97. The van der Waals surface area contributed by atoms with Crippen LogP contribution >= 0.6 is 11.6 Å². The molecule has 4 rings (SSSR count). The average Bonchev–Trinajstić information content (AvgIpc) is 3.30. The van der Waals surface area contributed by atoms with Crippen LogP contribution in [0.2, 0.25) is 5.02 Å². The van der Waals surface area contributed by atoms with Gasteiger partial charge in [0.25, 0.3) is 5.91 Å². The van der Waals surface area contributed by atoms with Crippen LogP contribution in [0.1, 0.15) is 27.2 Å². The summed E-state index contributed by atoms with van der Waals surface area (Å²) in [5, 5.41) is 10.1. The van der Waals surface area contributed by atoms with Gasteiger partial charge >= 0.3 is 5.97 Å². The van der Waals surface area contributed by atoms with E-state index in [4.69, 9.17) is 21.1 Å². The highest BCUT2D eigenvalue weighted by Crippen LogP contribution is 2.65. The SMILES string of the molecule is C=CCN(C(=O)C1N(CCO)C(=O)[C@@H]2[C@H](C(=O)OCC)[C@@]3(C)OC12CC3C)c1ccccc1Cl. The number of carbonyl (C=O) groups excluding carboxylic acids is 3. The molecule has 0 aromatic heterocycles. The number of esters is 1. The van der Waals surface area contributed by atoms with Crippen LogP contribution < -0.4 is 4.90 Å². The summed E-state index contributed by atoms with van der Waals surface area (Å²) < 4.78 is 11.9. The minimum Gasteiger partial charge on any atom is -0.466 e. The molecule has 0 saturated carbocycles. The zero-order valence-electron chi connectivity index (χ0n) is 19.7. The second-order valence-corrected chi connectivity index (χ2v) is 9.81. The Balaban J connectivity index is 1.84. The second kappa shape index (κ2) is 8.98. The molecule has 1 N–H and O–H groups in total. The highest BCUT2D eigenvalue weighted by molar-refractivity contribution is 6.34. The van der Waals surface area contributed by atoms with Crippen molar-refractivity contribution in [2.75, 3.05) is 31.2 Å². The van der Waals surface area contributed by atoms with Crippen molar-refractivity contribution in [1.82, 2.24) is 4.90 Å². The number of aliphatic hydroxyl groups is 1. The van der Waals surface area contributed by atoms with E-state index in [1.54, 1.807) is 37.3 Å². The molecule has 3 fully saturated rings. The number of anilines is 1. The number of fused-ring (bicyclic) bond motifs is 1. The van der Waals surface area contributed by atoms with Gasteiger partial charge in [-0.15, -0.1) is 6.58 Å². The topological polar surface area (TPSA) is 96.4 Å². The third-order valence-electron chi connectivity index (χ3n) is 7.65. The lowest BCUT2D eigenvalue weighted by molar-refractivity contribution is -0.161. The molecule has 9 heteroatoms. The van der Waals surface area contributed by atoms with Crippen molar-refractivity contribution in [2.45, 2.75) is 44.4 Å². The van der Waals surface area contributed by atoms with E-state index in [9.17, 15) is 19.5 Å². The van der Waals surface area contributed by atoms with Gasteiger partial charge in [0.15, 0.2) is 0 Å². The molecule has 3 unspecified atom stereocenters. The first-order valence-corrected chi connectivity index (χ1v) is 12.0. The Morgan fingerprint density at radius 2 is 2.12 bits per heavy atom. The third kappa shape index (κ3) is 3.38. The molecule has 2 amide bonds. The van der Waals surface area contributed by atoms with Crippen molar-refractivity contribution in [3.63, 3.8) is 0 Å². The van der Waals surface area contributed by atoms with Crippen molar-refractivity contribution in [3.05, 3.63) is 41.9 Å². The number of carbonyl (C=O) groups is 3. The number of para-hydroxylation sites is 1. The van der Waals surface area contributed by atoms with E-state index in [-0.39, 0.29) is 38.1 Å². The molecule has 0 aliphatic carbocycles. The average molecular weight is 491 g/mol. The van der Waals surface area contributed by atoms with Gasteiger partial charge in [0.05, 0.1) is 35.4 Å². The summed E-state index contributed by atoms with van der Waals surface area (Å²) in [4.78, 5) is 43.9. The maximum atomic E-state index is 14.2. The minimum atomic E-state index is -1.21. The van der Waals surface area contributed by atoms with Crippen molar-refractivity contribution in [2.24, 2.45) is 17.8 Å². The van der Waals surface area contributed by atoms with Gasteiger partial charge in [-0.3, -0.25) is 14.4 Å². The number of rotatable bonds is 8. The van der Waals surface area contributed by atoms with Crippen LogP contribution in [-0.2, 0) is 23.9 Å². The summed E-state index contributed by atoms with van der Waals surface area (Å²) in [6.45, 7) is 9.24. The van der Waals surface area contributed by atoms with Crippen LogP contribution in [0.3, 0.4) is 0 Å². The molecule has 3 aliphatic heterocycles. The van der Waals surface area contributed by atoms with E-state index >= 15 is 0 Å². The molecule has 2 bridgehead atoms. The van der Waals surface area contributed by atoms with Crippen LogP contribution in [0.15, 0.2) is 36.9 Å². The maximum Gasteiger partial charge on any atom is 0.312 e. The Bertz CT molecular complexity index is 1020. The molecular weight excluding hydrogens is 460 g/mol. The lowest BCUT2D eigenvalue weighted by Gasteiger charge is -2.37. The molecule has 1 aromatic carbocycles. The van der Waals surface area contributed by atoms with Gasteiger partial charge in [-0.1, -0.05) is 36.7 Å². The van der Waals surface area contributed by atoms with E-state index < -0.39 is 41.0 Å². The number of hydrogen-bond donors (Lipinski definition) is 1. The number of nitrogens with zero attached hydrogens (tertiary/aromatic N) is 2. The zero-order valence-corrected chi connectivity index (χ0v) is 20.5. The summed E-state index contributed by atoms with van der Waals surface area (Å²) in [7, 11) is 0. The minimum absolute atomic E-state index is 0.0536. The number of ether oxygens (including phenoxy) is 2. The van der Waals surface area contributed by atoms with Crippen molar-refractivity contribution >= 4 is 35.1 Å². The molecule has 0 radical (unpaired) electrons. The zero-order chi connectivity index (χ0) is 24.8. The highest BCUT2D eigenvalue weighted by atomic mass is 35.5. The fourth-order valence-electron chi connectivity index (χ4n) is 6.21. The lowest BCUT2D eigenvalue weighted by atomic mass is 9.62. The predicted octanol–water partition coefficient (Wildman–Crippen LogP) is 2.43. The summed E-state index contributed by atoms with van der Waals surface area (Å²) >= 11 is 6.42. The number of likely N-dealkylation sites (tertiary alicyclic amines) is 1. The van der Waals surface area contributed by atoms with E-state index in [1.165, 1.54) is 9.80 Å². The summed E-state index contributed by atoms with van der Waals surface area (Å²) in [5.74, 6) is -3.07. The van der Waals surface area contributed by atoms with E-state index in [0.717, 1.165) is 0 Å². The Morgan fingerprint density at radius 1 is 1.41 bits per heavy atom. The number of benzene rings is 1. The number of hydrogen-bond acceptors (Lipinski definition) is 6. The van der Waals surface area contributed by atoms with Crippen LogP contribution in [0.4, 0.5) is 5.69 Å². The summed E-state index contributed by atoms with van der Waals surface area (Å²) in [6, 6.07) is 5.92. The smallest absolute Gasteiger partial charge is 0.312 e. The van der Waals surface area contributed by atoms with Gasteiger partial charge in [0.1, 0.15) is 17.6 Å². The Hall–Kier alpha value is -2.42. The Kier molecular flexibility index (Phi) is 6.52. The molecule has 3 aliphatic rings. The first-order chi connectivity index (χ1) is 16.2. The first kappa shape index (κ1) is 24.7. The van der Waals surface area contributed by atoms with Gasteiger partial charge in [0, 0.05) is 13.1 Å². The van der Waals surface area contributed by atoms with Crippen LogP contribution in [0, 0.1) is 17.8 Å². The normalized spacial score (nSPS) is 33.7. The molecular formula is C25H31ClN2O6. The fourth-order valence-corrected chi connectivity index (χ4v) is 6.45. The van der Waals surface area contributed by atoms with Gasteiger partial charge in [-0.05, 0) is 38.3 Å². The number of aliphatic hydroxyl groups excluding tert-OH is 1. The lowest BCUT2D eigenvalue weighted by Crippen LogP contribution is -2.57. The molecule has 3 saturated heterocycles. The standard InChI is InChI=1S/C25H31ClN2O6/c1-5-11-27(17-10-8-7-9-16(17)26)22(31)20-25-14-15(3)24(4,34-25)19(23(32)33-6-2)18(25)21(30)28(20)12-13-29/h5,7-10,15,18-20,29H,1,6,11-14H2,2-4H3/t15?,18-,19+,20?,24-,25?/m0/s1. The maximum absolute atomic E-state index is 14.2. The molecule has 1 aromatic rings. The predicted molar refractivity (Wildman–Crippen MR) is 126 cm³/mol. The number of β-amino-alcohol motifs (C(OH)–C–C–N with tert-alkyl or cyclic N) is 1. The fraction of sp³-hybridized carbons (Fsp3) is 0.560. The number of halogens is 1. The van der Waals surface area contributed by atoms with Gasteiger partial charge < -0.3 is 24.4 Å². The van der Waals surface area contributed by atoms with Crippen molar-refractivity contribution in [1.29, 1.82) is 0 Å². The van der Waals surface area contributed by atoms with E-state index in [0.29, 0.717) is 17.1 Å². The Morgan fingerprint density at radius 3 is 2.74 bits per heavy atom. The highest BCUT2D eigenvalue weighted by Gasteiger charge is 2.80. The van der Waals surface area contributed by atoms with Gasteiger partial charge in [0.2, 0.25) is 5.91 Å². The van der Waals surface area contributed by atoms with Crippen LogP contribution in [0.25, 0.3) is 0 Å². The molecule has 184 valence electrons. The second-order valence-electron chi connectivity index (χ2n) is 9.40. The molecule has 6 atom stereocenters. The van der Waals surface area contributed by atoms with Crippen LogP contribution in [0.5, 0.6) is 0 Å². The molecule has 3 heterocycles. The van der Waals surface area contributed by atoms with Gasteiger partial charge in [-0.2, -0.15) is 0 Å². The molecule has 34 heavy (non-hydrogen) atoms. The summed E-state index contributed by atoms with van der Waals surface area (Å²) in [5.41, 5.74) is -1.67. The summed E-state index contributed by atoms with van der Waals surface area (Å²) in [6.07, 6.45) is 2.01. The monoisotopic (exact) mass is 490 g/mol. The number of amides is 2.